The highest BCUT2D eigenvalue weighted by Crippen LogP contribution is 2.25. The molecule has 0 bridgehead atoms. The van der Waals surface area contributed by atoms with Crippen molar-refractivity contribution in [2.45, 2.75) is 18.9 Å². The number of hydrogen-bond donors (Lipinski definition) is 1. The lowest BCUT2D eigenvalue weighted by Crippen LogP contribution is -2.42. The second-order valence-corrected chi connectivity index (χ2v) is 4.07. The second kappa shape index (κ2) is 6.00. The van der Waals surface area contributed by atoms with Gasteiger partial charge in [0, 0.05) is 0 Å². The van der Waals surface area contributed by atoms with Gasteiger partial charge < -0.3 is 19.3 Å². The van der Waals surface area contributed by atoms with Crippen molar-refractivity contribution in [1.29, 1.82) is 0 Å². The van der Waals surface area contributed by atoms with Gasteiger partial charge in [-0.05, 0) is 31.2 Å². The number of rotatable bonds is 5. The minimum absolute atomic E-state index is 0.170. The summed E-state index contributed by atoms with van der Waals surface area (Å²) in [5.74, 6) is -1.11. The fourth-order valence-electron chi connectivity index (χ4n) is 1.24. The number of aliphatic hydroxyl groups is 1. The molecule has 0 radical (unpaired) electrons. The zero-order valence-corrected chi connectivity index (χ0v) is 10.7. The molecule has 0 fully saturated rings. The fourth-order valence-corrected chi connectivity index (χ4v) is 1.24. The Morgan fingerprint density at radius 3 is 2.15 bits per heavy atom. The van der Waals surface area contributed by atoms with Crippen LogP contribution in [0.2, 0.25) is 0 Å². The zero-order chi connectivity index (χ0) is 15.4. The van der Waals surface area contributed by atoms with Crippen LogP contribution in [-0.2, 0) is 9.53 Å². The molecule has 0 aliphatic rings. The van der Waals surface area contributed by atoms with Crippen LogP contribution in [0, 0.1) is 0 Å². The number of hydrogen-bond acceptors (Lipinski definition) is 5. The van der Waals surface area contributed by atoms with Crippen molar-refractivity contribution in [3.05, 3.63) is 24.3 Å². The van der Waals surface area contributed by atoms with Gasteiger partial charge in [-0.2, -0.15) is 0 Å². The number of alkyl halides is 3. The van der Waals surface area contributed by atoms with Gasteiger partial charge in [0.05, 0.1) is 7.11 Å². The van der Waals surface area contributed by atoms with Gasteiger partial charge >= 0.3 is 12.3 Å². The molecule has 0 heterocycles. The van der Waals surface area contributed by atoms with E-state index in [-0.39, 0.29) is 5.75 Å². The third-order valence-corrected chi connectivity index (χ3v) is 2.20. The molecule has 0 saturated heterocycles. The van der Waals surface area contributed by atoms with Gasteiger partial charge in [0.25, 0.3) is 0 Å². The summed E-state index contributed by atoms with van der Waals surface area (Å²) in [6.07, 6.45) is -4.77. The molecule has 1 aromatic carbocycles. The quantitative estimate of drug-likeness (QED) is 0.840. The smallest absolute Gasteiger partial charge is 0.490 e. The van der Waals surface area contributed by atoms with Crippen molar-refractivity contribution in [2.75, 3.05) is 13.7 Å². The average molecular weight is 294 g/mol. The molecule has 8 heteroatoms. The van der Waals surface area contributed by atoms with Crippen LogP contribution in [0.15, 0.2) is 24.3 Å². The van der Waals surface area contributed by atoms with E-state index in [4.69, 9.17) is 4.74 Å². The molecule has 1 rings (SSSR count). The van der Waals surface area contributed by atoms with E-state index in [1.807, 2.05) is 0 Å². The zero-order valence-electron chi connectivity index (χ0n) is 10.7. The SMILES string of the molecule is COC(=O)C(C)(O)COc1ccc(OC(F)(F)F)cc1. The Labute approximate surface area is 112 Å². The summed E-state index contributed by atoms with van der Waals surface area (Å²) in [7, 11) is 1.11. The van der Waals surface area contributed by atoms with Crippen molar-refractivity contribution in [2.24, 2.45) is 0 Å². The number of carbonyl (C=O) groups is 1. The molecule has 0 spiro atoms. The third kappa shape index (κ3) is 4.96. The molecule has 0 amide bonds. The van der Waals surface area contributed by atoms with E-state index in [0.717, 1.165) is 19.2 Å². The maximum atomic E-state index is 11.9. The lowest BCUT2D eigenvalue weighted by molar-refractivity contribution is -0.274. The molecular formula is C12H13F3O5. The van der Waals surface area contributed by atoms with Gasteiger partial charge in [-0.1, -0.05) is 0 Å². The van der Waals surface area contributed by atoms with Crippen molar-refractivity contribution in [3.8, 4) is 11.5 Å². The number of carbonyl (C=O) groups excluding carboxylic acids is 1. The highest BCUT2D eigenvalue weighted by molar-refractivity contribution is 5.78. The van der Waals surface area contributed by atoms with Gasteiger partial charge in [-0.15, -0.1) is 13.2 Å². The summed E-state index contributed by atoms with van der Waals surface area (Å²) in [6.45, 7) is 0.791. The van der Waals surface area contributed by atoms with E-state index in [9.17, 15) is 23.1 Å². The summed E-state index contributed by atoms with van der Waals surface area (Å²) < 4.78 is 48.9. The van der Waals surface area contributed by atoms with Crippen molar-refractivity contribution >= 4 is 5.97 Å². The molecule has 1 atom stereocenters. The number of ether oxygens (including phenoxy) is 3. The van der Waals surface area contributed by atoms with Gasteiger partial charge in [0.2, 0.25) is 0 Å². The second-order valence-electron chi connectivity index (χ2n) is 4.07. The van der Waals surface area contributed by atoms with Crippen LogP contribution in [0.3, 0.4) is 0 Å². The maximum absolute atomic E-state index is 11.9. The summed E-state index contributed by atoms with van der Waals surface area (Å²) >= 11 is 0. The highest BCUT2D eigenvalue weighted by atomic mass is 19.4. The molecule has 0 aliphatic carbocycles. The summed E-state index contributed by atoms with van der Waals surface area (Å²) in [5, 5.41) is 9.68. The van der Waals surface area contributed by atoms with Gasteiger partial charge in [-0.25, -0.2) is 4.79 Å². The van der Waals surface area contributed by atoms with Crippen LogP contribution in [0.1, 0.15) is 6.92 Å². The van der Waals surface area contributed by atoms with E-state index in [1.165, 1.54) is 19.1 Å². The minimum atomic E-state index is -4.77. The Hall–Kier alpha value is -1.96. The average Bonchev–Trinajstić information content (AvgIpc) is 2.35. The minimum Gasteiger partial charge on any atom is -0.490 e. The molecule has 1 N–H and O–H groups in total. The number of methoxy groups -OCH3 is 1. The van der Waals surface area contributed by atoms with Crippen molar-refractivity contribution in [1.82, 2.24) is 0 Å². The fraction of sp³-hybridized carbons (Fsp3) is 0.417. The Bertz CT molecular complexity index is 453. The standard InChI is InChI=1S/C12H13F3O5/c1-11(17,10(16)18-2)7-19-8-3-5-9(6-4-8)20-12(13,14)15/h3-6,17H,7H2,1-2H3. The van der Waals surface area contributed by atoms with Gasteiger partial charge in [-0.3, -0.25) is 0 Å². The molecule has 1 unspecified atom stereocenters. The number of esters is 1. The van der Waals surface area contributed by atoms with E-state index in [1.54, 1.807) is 0 Å². The van der Waals surface area contributed by atoms with Crippen LogP contribution >= 0.6 is 0 Å². The molecule has 20 heavy (non-hydrogen) atoms. The molecular weight excluding hydrogens is 281 g/mol. The molecule has 0 saturated carbocycles. The maximum Gasteiger partial charge on any atom is 0.573 e. The largest absolute Gasteiger partial charge is 0.573 e. The summed E-state index contributed by atoms with van der Waals surface area (Å²) in [5.41, 5.74) is -1.85. The molecule has 0 aromatic heterocycles. The van der Waals surface area contributed by atoms with Crippen molar-refractivity contribution < 1.29 is 37.3 Å². The first kappa shape index (κ1) is 16.1. The predicted octanol–water partition coefficient (Wildman–Crippen LogP) is 1.89. The molecule has 112 valence electrons. The normalized spacial score (nSPS) is 14.3. The van der Waals surface area contributed by atoms with Gasteiger partial charge in [0.1, 0.15) is 18.1 Å². The highest BCUT2D eigenvalue weighted by Gasteiger charge is 2.33. The van der Waals surface area contributed by atoms with E-state index in [0.29, 0.717) is 0 Å². The van der Waals surface area contributed by atoms with Crippen molar-refractivity contribution in [3.63, 3.8) is 0 Å². The van der Waals surface area contributed by atoms with Gasteiger partial charge in [0.15, 0.2) is 5.60 Å². The number of benzene rings is 1. The Kier molecular flexibility index (Phi) is 4.83. The molecule has 5 nitrogen and oxygen atoms in total. The van der Waals surface area contributed by atoms with E-state index < -0.39 is 30.3 Å². The van der Waals surface area contributed by atoms with Crippen LogP contribution < -0.4 is 9.47 Å². The first-order valence-electron chi connectivity index (χ1n) is 5.43. The van der Waals surface area contributed by atoms with E-state index in [2.05, 4.69) is 9.47 Å². The van der Waals surface area contributed by atoms with Crippen LogP contribution in [0.5, 0.6) is 11.5 Å². The topological polar surface area (TPSA) is 65.0 Å². The Balaban J connectivity index is 2.60. The summed E-state index contributed by atoms with van der Waals surface area (Å²) in [6, 6.07) is 4.54. The van der Waals surface area contributed by atoms with Crippen LogP contribution in [0.4, 0.5) is 13.2 Å². The summed E-state index contributed by atoms with van der Waals surface area (Å²) in [4.78, 5) is 11.2. The Morgan fingerprint density at radius 2 is 1.70 bits per heavy atom. The van der Waals surface area contributed by atoms with Crippen LogP contribution in [-0.4, -0.2) is 36.8 Å². The lowest BCUT2D eigenvalue weighted by Gasteiger charge is -2.20. The first-order valence-corrected chi connectivity index (χ1v) is 5.43. The third-order valence-electron chi connectivity index (χ3n) is 2.20. The monoisotopic (exact) mass is 294 g/mol. The number of halogens is 3. The Morgan fingerprint density at radius 1 is 1.20 bits per heavy atom. The van der Waals surface area contributed by atoms with Crippen LogP contribution in [0.25, 0.3) is 0 Å². The predicted molar refractivity (Wildman–Crippen MR) is 61.3 cm³/mol. The lowest BCUT2D eigenvalue weighted by atomic mass is 10.1. The first-order chi connectivity index (χ1) is 9.14. The van der Waals surface area contributed by atoms with E-state index >= 15 is 0 Å². The molecule has 1 aromatic rings. The molecule has 0 aliphatic heterocycles.